The highest BCUT2D eigenvalue weighted by Gasteiger charge is 2.41. The van der Waals surface area contributed by atoms with Crippen LogP contribution in [0.15, 0.2) is 0 Å². The molecule has 60 valence electrons. The van der Waals surface area contributed by atoms with Crippen molar-refractivity contribution in [1.82, 2.24) is 0 Å². The first-order valence-corrected chi connectivity index (χ1v) is 4.06. The van der Waals surface area contributed by atoms with Gasteiger partial charge in [0, 0.05) is 6.04 Å². The van der Waals surface area contributed by atoms with Gasteiger partial charge in [0.05, 0.1) is 0 Å². The Bertz CT molecular complexity index is 120. The lowest BCUT2D eigenvalue weighted by atomic mass is 9.68. The average Bonchev–Trinajstić information content (AvgIpc) is 2.09. The molecule has 2 rings (SSSR count). The molecule has 1 atom stereocenters. The molecule has 10 heavy (non-hydrogen) atoms. The summed E-state index contributed by atoms with van der Waals surface area (Å²) in [7, 11) is 0. The van der Waals surface area contributed by atoms with Gasteiger partial charge in [-0.3, -0.25) is 0 Å². The number of hydrogen-bond donors (Lipinski definition) is 1. The Morgan fingerprint density at radius 1 is 1.20 bits per heavy atom. The number of nitrogens with two attached hydrogens (primary N) is 1. The first-order valence-electron chi connectivity index (χ1n) is 4.06. The van der Waals surface area contributed by atoms with Crippen molar-refractivity contribution in [1.29, 1.82) is 0 Å². The molecule has 2 aliphatic rings. The predicted octanol–water partition coefficient (Wildman–Crippen LogP) is 2.09. The van der Waals surface area contributed by atoms with Crippen molar-refractivity contribution in [3.8, 4) is 0 Å². The van der Waals surface area contributed by atoms with E-state index in [4.69, 9.17) is 5.73 Å². The molecule has 1 nitrogen and oxygen atoms in total. The van der Waals surface area contributed by atoms with Gasteiger partial charge in [-0.05, 0) is 37.5 Å². The normalized spacial score (nSPS) is 35.1. The second-order valence-corrected chi connectivity index (χ2v) is 3.86. The van der Waals surface area contributed by atoms with Crippen LogP contribution in [-0.2, 0) is 0 Å². The molecule has 0 aromatic rings. The van der Waals surface area contributed by atoms with Crippen LogP contribution in [0.5, 0.6) is 0 Å². The maximum Gasteiger partial charge on any atom is 0.00443 e. The monoisotopic (exact) mass is 161 g/mol. The second-order valence-electron chi connectivity index (χ2n) is 3.86. The standard InChI is InChI=1S/C8H15N.ClH/c9-7-2-5-8(6-7)3-1-4-8;/h7H,1-6,9H2;1H. The first kappa shape index (κ1) is 8.35. The fourth-order valence-electron chi connectivity index (χ4n) is 2.38. The van der Waals surface area contributed by atoms with Crippen LogP contribution in [0, 0.1) is 5.41 Å². The van der Waals surface area contributed by atoms with Gasteiger partial charge in [0.1, 0.15) is 0 Å². The van der Waals surface area contributed by atoms with Crippen LogP contribution >= 0.6 is 12.4 Å². The van der Waals surface area contributed by atoms with Crippen molar-refractivity contribution >= 4 is 12.4 Å². The Balaban J connectivity index is 0.000000500. The summed E-state index contributed by atoms with van der Waals surface area (Å²) in [6, 6.07) is 0.547. The van der Waals surface area contributed by atoms with Gasteiger partial charge in [0.25, 0.3) is 0 Å². The minimum atomic E-state index is 0. The zero-order chi connectivity index (χ0) is 6.32. The summed E-state index contributed by atoms with van der Waals surface area (Å²) >= 11 is 0. The van der Waals surface area contributed by atoms with Gasteiger partial charge in [-0.1, -0.05) is 6.42 Å². The Hall–Kier alpha value is 0.250. The van der Waals surface area contributed by atoms with Gasteiger partial charge in [-0.25, -0.2) is 0 Å². The van der Waals surface area contributed by atoms with E-state index in [0.29, 0.717) is 6.04 Å². The molecule has 0 bridgehead atoms. The van der Waals surface area contributed by atoms with E-state index >= 15 is 0 Å². The van der Waals surface area contributed by atoms with Gasteiger partial charge in [0.2, 0.25) is 0 Å². The largest absolute Gasteiger partial charge is 0.328 e. The van der Waals surface area contributed by atoms with Gasteiger partial charge >= 0.3 is 0 Å². The minimum absolute atomic E-state index is 0. The molecule has 2 fully saturated rings. The molecule has 0 heterocycles. The van der Waals surface area contributed by atoms with E-state index in [-0.39, 0.29) is 12.4 Å². The predicted molar refractivity (Wildman–Crippen MR) is 45.4 cm³/mol. The van der Waals surface area contributed by atoms with Gasteiger partial charge in [-0.15, -0.1) is 12.4 Å². The summed E-state index contributed by atoms with van der Waals surface area (Å²) in [5.41, 5.74) is 6.58. The third-order valence-corrected chi connectivity index (χ3v) is 3.15. The minimum Gasteiger partial charge on any atom is -0.328 e. The van der Waals surface area contributed by atoms with E-state index < -0.39 is 0 Å². The molecular formula is C8H16ClN. The van der Waals surface area contributed by atoms with Gasteiger partial charge < -0.3 is 5.73 Å². The molecule has 1 spiro atoms. The van der Waals surface area contributed by atoms with Crippen LogP contribution in [0.25, 0.3) is 0 Å². The number of hydrogen-bond acceptors (Lipinski definition) is 1. The zero-order valence-electron chi connectivity index (χ0n) is 6.31. The number of halogens is 1. The SMILES string of the molecule is Cl.NC1CCC2(CCC2)C1. The van der Waals surface area contributed by atoms with E-state index in [1.165, 1.54) is 38.5 Å². The lowest BCUT2D eigenvalue weighted by molar-refractivity contribution is 0.141. The summed E-state index contributed by atoms with van der Waals surface area (Å²) < 4.78 is 0. The molecule has 2 N–H and O–H groups in total. The summed E-state index contributed by atoms with van der Waals surface area (Å²) in [5, 5.41) is 0. The van der Waals surface area contributed by atoms with Gasteiger partial charge in [0.15, 0.2) is 0 Å². The van der Waals surface area contributed by atoms with Crippen LogP contribution in [-0.4, -0.2) is 6.04 Å². The summed E-state index contributed by atoms with van der Waals surface area (Å²) in [6.45, 7) is 0. The molecule has 2 heteroatoms. The Morgan fingerprint density at radius 2 is 1.90 bits per heavy atom. The molecule has 0 radical (unpaired) electrons. The van der Waals surface area contributed by atoms with Crippen LogP contribution in [0.1, 0.15) is 38.5 Å². The van der Waals surface area contributed by atoms with Crippen molar-refractivity contribution in [3.05, 3.63) is 0 Å². The van der Waals surface area contributed by atoms with Crippen LogP contribution < -0.4 is 5.73 Å². The average molecular weight is 162 g/mol. The molecule has 2 aliphatic carbocycles. The molecule has 0 amide bonds. The summed E-state index contributed by atoms with van der Waals surface area (Å²) in [5.74, 6) is 0. The van der Waals surface area contributed by atoms with Crippen LogP contribution in [0.4, 0.5) is 0 Å². The smallest absolute Gasteiger partial charge is 0.00443 e. The van der Waals surface area contributed by atoms with Crippen molar-refractivity contribution in [2.24, 2.45) is 11.1 Å². The second kappa shape index (κ2) is 2.71. The molecule has 1 unspecified atom stereocenters. The lowest BCUT2D eigenvalue weighted by Gasteiger charge is -2.38. The third-order valence-electron chi connectivity index (χ3n) is 3.15. The van der Waals surface area contributed by atoms with Crippen molar-refractivity contribution in [2.75, 3.05) is 0 Å². The van der Waals surface area contributed by atoms with Gasteiger partial charge in [-0.2, -0.15) is 0 Å². The molecule has 0 aromatic heterocycles. The molecular weight excluding hydrogens is 146 g/mol. The molecule has 2 saturated carbocycles. The third kappa shape index (κ3) is 1.17. The number of rotatable bonds is 0. The van der Waals surface area contributed by atoms with E-state index in [1.807, 2.05) is 0 Å². The molecule has 0 saturated heterocycles. The highest BCUT2D eigenvalue weighted by atomic mass is 35.5. The van der Waals surface area contributed by atoms with Crippen molar-refractivity contribution < 1.29 is 0 Å². The molecule has 0 aliphatic heterocycles. The van der Waals surface area contributed by atoms with Crippen LogP contribution in [0.2, 0.25) is 0 Å². The fourth-order valence-corrected chi connectivity index (χ4v) is 2.38. The lowest BCUT2D eigenvalue weighted by Crippen LogP contribution is -2.28. The van der Waals surface area contributed by atoms with E-state index in [9.17, 15) is 0 Å². The van der Waals surface area contributed by atoms with Crippen molar-refractivity contribution in [3.63, 3.8) is 0 Å². The summed E-state index contributed by atoms with van der Waals surface area (Å²) in [4.78, 5) is 0. The first-order chi connectivity index (χ1) is 4.31. The maximum atomic E-state index is 5.82. The van der Waals surface area contributed by atoms with E-state index in [0.717, 1.165) is 5.41 Å². The molecule has 0 aromatic carbocycles. The van der Waals surface area contributed by atoms with Crippen molar-refractivity contribution in [2.45, 2.75) is 44.6 Å². The van der Waals surface area contributed by atoms with E-state index in [2.05, 4.69) is 0 Å². The Morgan fingerprint density at radius 3 is 2.10 bits per heavy atom. The summed E-state index contributed by atoms with van der Waals surface area (Å²) in [6.07, 6.45) is 8.45. The highest BCUT2D eigenvalue weighted by molar-refractivity contribution is 5.85. The quantitative estimate of drug-likeness (QED) is 0.579. The Labute approximate surface area is 68.8 Å². The van der Waals surface area contributed by atoms with Crippen LogP contribution in [0.3, 0.4) is 0 Å². The topological polar surface area (TPSA) is 26.0 Å². The Kier molecular flexibility index (Phi) is 2.26. The maximum absolute atomic E-state index is 5.82. The van der Waals surface area contributed by atoms with E-state index in [1.54, 1.807) is 0 Å². The fraction of sp³-hybridized carbons (Fsp3) is 1.00. The zero-order valence-corrected chi connectivity index (χ0v) is 7.12. The highest BCUT2D eigenvalue weighted by Crippen LogP contribution is 2.52.